The molecule has 2 aromatic heterocycles. The molecule has 0 saturated heterocycles. The molecule has 136 valence electrons. The Morgan fingerprint density at radius 1 is 1.36 bits per heavy atom. The smallest absolute Gasteiger partial charge is 0.435 e. The molecule has 8 nitrogen and oxygen atoms in total. The Bertz CT molecular complexity index is 864. The number of hydrogen-bond acceptors (Lipinski definition) is 4. The van der Waals surface area contributed by atoms with Crippen LogP contribution in [0.1, 0.15) is 43.0 Å². The van der Waals surface area contributed by atoms with Gasteiger partial charge in [-0.2, -0.15) is 23.4 Å². The molecule has 0 saturated carbocycles. The molecule has 1 aliphatic heterocycles. The first-order valence-electron chi connectivity index (χ1n) is 7.77. The molecule has 0 radical (unpaired) electrons. The third-order valence-electron chi connectivity index (χ3n) is 4.18. The Morgan fingerprint density at radius 3 is 2.68 bits per heavy atom. The van der Waals surface area contributed by atoms with Gasteiger partial charge in [0.2, 0.25) is 0 Å². The lowest BCUT2D eigenvalue weighted by atomic mass is 10.1. The average Bonchev–Trinajstić information content (AvgIpc) is 3.09. The highest BCUT2D eigenvalue weighted by atomic mass is 19.4. The van der Waals surface area contributed by atoms with Gasteiger partial charge in [0.15, 0.2) is 5.69 Å². The van der Waals surface area contributed by atoms with Crippen molar-refractivity contribution in [3.8, 4) is 0 Å². The van der Waals surface area contributed by atoms with E-state index in [4.69, 9.17) is 0 Å². The Morgan fingerprint density at radius 2 is 2.08 bits per heavy atom. The number of aliphatic carboxylic acids is 1. The molecule has 11 heteroatoms. The second kappa shape index (κ2) is 6.05. The fraction of sp³-hybridized carbons (Fsp3) is 0.571. The van der Waals surface area contributed by atoms with Gasteiger partial charge in [-0.05, 0) is 25.8 Å². The molecule has 1 N–H and O–H groups in total. The van der Waals surface area contributed by atoms with E-state index in [1.165, 1.54) is 0 Å². The first kappa shape index (κ1) is 17.2. The summed E-state index contributed by atoms with van der Waals surface area (Å²) in [6.45, 7) is 1.63. The molecule has 0 fully saturated rings. The second-order valence-electron chi connectivity index (χ2n) is 5.81. The van der Waals surface area contributed by atoms with Crippen LogP contribution in [0.2, 0.25) is 0 Å². The lowest BCUT2D eigenvalue weighted by Crippen LogP contribution is -2.34. The molecule has 0 bridgehead atoms. The lowest BCUT2D eigenvalue weighted by molar-refractivity contribution is -0.142. The Kier molecular flexibility index (Phi) is 4.17. The maximum atomic E-state index is 12.8. The molecule has 0 aromatic carbocycles. The van der Waals surface area contributed by atoms with Crippen LogP contribution in [0, 0.1) is 0 Å². The van der Waals surface area contributed by atoms with Gasteiger partial charge in [0.25, 0.3) is 0 Å². The molecule has 25 heavy (non-hydrogen) atoms. The van der Waals surface area contributed by atoms with Gasteiger partial charge in [0.1, 0.15) is 11.9 Å². The number of carboxylic acid groups (broad SMARTS) is 1. The molecule has 0 spiro atoms. The van der Waals surface area contributed by atoms with Crippen molar-refractivity contribution in [1.82, 2.24) is 24.1 Å². The zero-order valence-electron chi connectivity index (χ0n) is 13.3. The Hall–Kier alpha value is -2.59. The zero-order valence-corrected chi connectivity index (χ0v) is 13.3. The SMILES string of the molecule is CCn1nc(C(F)(F)F)cc1Cn1nc2n(c1=O)[C@H](C(=O)O)CCC2. The van der Waals surface area contributed by atoms with Crippen LogP contribution in [-0.2, 0) is 30.5 Å². The van der Waals surface area contributed by atoms with Crippen molar-refractivity contribution in [3.05, 3.63) is 33.8 Å². The van der Waals surface area contributed by atoms with Crippen LogP contribution < -0.4 is 5.69 Å². The minimum atomic E-state index is -4.58. The van der Waals surface area contributed by atoms with Crippen molar-refractivity contribution >= 4 is 5.97 Å². The summed E-state index contributed by atoms with van der Waals surface area (Å²) >= 11 is 0. The predicted molar refractivity (Wildman–Crippen MR) is 78.1 cm³/mol. The van der Waals surface area contributed by atoms with E-state index in [1.54, 1.807) is 6.92 Å². The summed E-state index contributed by atoms with van der Waals surface area (Å²) in [6.07, 6.45) is -3.23. The first-order chi connectivity index (χ1) is 11.7. The van der Waals surface area contributed by atoms with Crippen molar-refractivity contribution in [2.45, 2.75) is 51.5 Å². The third-order valence-corrected chi connectivity index (χ3v) is 4.18. The van der Waals surface area contributed by atoms with E-state index in [0.29, 0.717) is 25.1 Å². The second-order valence-corrected chi connectivity index (χ2v) is 5.81. The number of aromatic nitrogens is 5. The van der Waals surface area contributed by atoms with Crippen molar-refractivity contribution in [3.63, 3.8) is 0 Å². The topological polar surface area (TPSA) is 94.9 Å². The number of alkyl halides is 3. The Labute approximate surface area is 139 Å². The highest BCUT2D eigenvalue weighted by Crippen LogP contribution is 2.29. The van der Waals surface area contributed by atoms with Crippen molar-refractivity contribution in [2.24, 2.45) is 0 Å². The monoisotopic (exact) mass is 359 g/mol. The molecule has 3 heterocycles. The van der Waals surface area contributed by atoms with Crippen molar-refractivity contribution in [1.29, 1.82) is 0 Å². The number of rotatable bonds is 4. The van der Waals surface area contributed by atoms with Crippen LogP contribution in [0.25, 0.3) is 0 Å². The number of carbonyl (C=O) groups is 1. The maximum Gasteiger partial charge on any atom is 0.435 e. The molecule has 0 amide bonds. The van der Waals surface area contributed by atoms with E-state index in [-0.39, 0.29) is 18.8 Å². The van der Waals surface area contributed by atoms with Gasteiger partial charge in [-0.15, -0.1) is 0 Å². The number of fused-ring (bicyclic) bond motifs is 1. The summed E-state index contributed by atoms with van der Waals surface area (Å²) in [5, 5.41) is 16.9. The highest BCUT2D eigenvalue weighted by molar-refractivity contribution is 5.72. The lowest BCUT2D eigenvalue weighted by Gasteiger charge is -2.19. The predicted octanol–water partition coefficient (Wildman–Crippen LogP) is 1.29. The van der Waals surface area contributed by atoms with E-state index in [0.717, 1.165) is 20.0 Å². The molecule has 0 unspecified atom stereocenters. The van der Waals surface area contributed by atoms with Gasteiger partial charge in [0.05, 0.1) is 12.2 Å². The van der Waals surface area contributed by atoms with Crippen molar-refractivity contribution < 1.29 is 23.1 Å². The fourth-order valence-corrected chi connectivity index (χ4v) is 3.02. The fourth-order valence-electron chi connectivity index (χ4n) is 3.02. The summed E-state index contributed by atoms with van der Waals surface area (Å²) in [6, 6.07) is -0.116. The summed E-state index contributed by atoms with van der Waals surface area (Å²) in [5.41, 5.74) is -1.50. The molecular formula is C14H16F3N5O3. The van der Waals surface area contributed by atoms with Gasteiger partial charge in [-0.25, -0.2) is 14.3 Å². The molecule has 2 aromatic rings. The van der Waals surface area contributed by atoms with Crippen LogP contribution in [0.15, 0.2) is 10.9 Å². The summed E-state index contributed by atoms with van der Waals surface area (Å²) < 4.78 is 41.8. The van der Waals surface area contributed by atoms with E-state index < -0.39 is 29.6 Å². The van der Waals surface area contributed by atoms with Gasteiger partial charge in [-0.3, -0.25) is 9.25 Å². The van der Waals surface area contributed by atoms with E-state index in [2.05, 4.69) is 10.2 Å². The molecular weight excluding hydrogens is 343 g/mol. The standard InChI is InChI=1S/C14H16F3N5O3/c1-2-20-8(6-10(18-20)14(15,16)17)7-21-13(25)22-9(12(23)24)4-3-5-11(22)19-21/h6,9H,2-5,7H2,1H3,(H,23,24)/t9-/m0/s1. The molecule has 0 aliphatic carbocycles. The average molecular weight is 359 g/mol. The summed E-state index contributed by atoms with van der Waals surface area (Å²) in [7, 11) is 0. The normalized spacial score (nSPS) is 17.5. The number of aryl methyl sites for hydroxylation is 2. The molecule has 1 aliphatic rings. The minimum absolute atomic E-state index is 0.180. The van der Waals surface area contributed by atoms with Crippen LogP contribution in [0.3, 0.4) is 0 Å². The van der Waals surface area contributed by atoms with E-state index in [9.17, 15) is 27.9 Å². The van der Waals surface area contributed by atoms with Gasteiger partial charge in [-0.1, -0.05) is 0 Å². The Balaban J connectivity index is 1.99. The van der Waals surface area contributed by atoms with Gasteiger partial charge in [0, 0.05) is 13.0 Å². The third kappa shape index (κ3) is 3.05. The summed E-state index contributed by atoms with van der Waals surface area (Å²) in [4.78, 5) is 23.8. The largest absolute Gasteiger partial charge is 0.480 e. The van der Waals surface area contributed by atoms with E-state index in [1.807, 2.05) is 0 Å². The highest BCUT2D eigenvalue weighted by Gasteiger charge is 2.35. The van der Waals surface area contributed by atoms with Gasteiger partial charge < -0.3 is 5.11 Å². The van der Waals surface area contributed by atoms with Crippen molar-refractivity contribution in [2.75, 3.05) is 0 Å². The van der Waals surface area contributed by atoms with Crippen LogP contribution in [0.4, 0.5) is 13.2 Å². The zero-order chi connectivity index (χ0) is 18.4. The van der Waals surface area contributed by atoms with E-state index >= 15 is 0 Å². The number of nitrogens with zero attached hydrogens (tertiary/aromatic N) is 5. The quantitative estimate of drug-likeness (QED) is 0.888. The van der Waals surface area contributed by atoms with Crippen LogP contribution >= 0.6 is 0 Å². The maximum absolute atomic E-state index is 12.8. The molecule has 1 atom stereocenters. The van der Waals surface area contributed by atoms with Gasteiger partial charge >= 0.3 is 17.8 Å². The number of carboxylic acids is 1. The molecule has 3 rings (SSSR count). The number of halogens is 3. The van der Waals surface area contributed by atoms with Crippen LogP contribution in [-0.4, -0.2) is 35.2 Å². The summed E-state index contributed by atoms with van der Waals surface area (Å²) in [5.74, 6) is -0.789. The van der Waals surface area contributed by atoms with Crippen LogP contribution in [0.5, 0.6) is 0 Å². The number of hydrogen-bond donors (Lipinski definition) is 1. The minimum Gasteiger partial charge on any atom is -0.480 e. The first-order valence-corrected chi connectivity index (χ1v) is 7.77.